The predicted octanol–water partition coefficient (Wildman–Crippen LogP) is -1.93. The van der Waals surface area contributed by atoms with Crippen LogP contribution in [-0.2, 0) is 36.4 Å². The molecule has 6 atom stereocenters. The second kappa shape index (κ2) is 10.8. The third-order valence-corrected chi connectivity index (χ3v) is 7.62. The second-order valence-electron chi connectivity index (χ2n) is 6.12. The van der Waals surface area contributed by atoms with Gasteiger partial charge in [0.25, 0.3) is 6.47 Å². The number of phosphoric ester groups is 1. The largest absolute Gasteiger partial charge is 0.490 e. The fourth-order valence-electron chi connectivity index (χ4n) is 2.62. The van der Waals surface area contributed by atoms with E-state index in [0.29, 0.717) is 0 Å². The maximum atomic E-state index is 11.8. The van der Waals surface area contributed by atoms with Gasteiger partial charge in [-0.25, -0.2) is 28.6 Å². The number of rotatable bonds is 8. The Balaban J connectivity index is 0.00000129. The summed E-state index contributed by atoms with van der Waals surface area (Å²) in [5.41, 5.74) is 6.00. The molecule has 34 heavy (non-hydrogen) atoms. The van der Waals surface area contributed by atoms with Crippen molar-refractivity contribution in [3.63, 3.8) is 0 Å². The van der Waals surface area contributed by atoms with Crippen molar-refractivity contribution in [3.05, 3.63) is 12.7 Å². The molecular weight excluding hydrogens is 535 g/mol. The van der Waals surface area contributed by atoms with Gasteiger partial charge in [-0.2, -0.15) is 8.62 Å². The Bertz CT molecular complexity index is 1150. The Kier molecular flexibility index (Phi) is 9.00. The van der Waals surface area contributed by atoms with E-state index >= 15 is 0 Å². The minimum absolute atomic E-state index is 0.0426. The van der Waals surface area contributed by atoms with Crippen molar-refractivity contribution in [3.8, 4) is 0 Å². The average molecular weight is 553 g/mol. The highest BCUT2D eigenvalue weighted by atomic mass is 31.3. The van der Waals surface area contributed by atoms with Gasteiger partial charge < -0.3 is 45.4 Å². The summed E-state index contributed by atoms with van der Waals surface area (Å²) >= 11 is 0. The summed E-state index contributed by atoms with van der Waals surface area (Å²) in [6, 6.07) is 0. The Hall–Kier alpha value is -1.89. The standard InChI is InChI=1S/C10H16N5O13P3.CH2O2/c11-8-5-9(13-2-12-8)15(3-14-5)10-7(17)6(16)4(26-10)1-25-30(21,22)28-31(23,24)27-29(18,19)20;2-1-3/h2-4,6-7,10,16-17H,1H2,(H,21,22)(H,23,24)(H2,11,12,13)(H2,18,19,20);1H,(H,2,3)/t4-,6-,7-,10-;/m1./s1. The summed E-state index contributed by atoms with van der Waals surface area (Å²) in [6.45, 7) is -1.21. The lowest BCUT2D eigenvalue weighted by molar-refractivity contribution is -0.122. The van der Waals surface area contributed by atoms with Crippen LogP contribution in [0.2, 0.25) is 0 Å². The summed E-state index contributed by atoms with van der Waals surface area (Å²) in [6.07, 6.45) is -3.69. The first-order valence-electron chi connectivity index (χ1n) is 8.41. The fraction of sp³-hybridized carbons (Fsp3) is 0.455. The van der Waals surface area contributed by atoms with Crippen LogP contribution < -0.4 is 5.73 Å². The molecule has 9 N–H and O–H groups in total. The normalized spacial score (nSPS) is 26.3. The number of nitrogens with two attached hydrogens (primary N) is 1. The lowest BCUT2D eigenvalue weighted by atomic mass is 10.1. The number of carboxylic acid groups (broad SMARTS) is 1. The van der Waals surface area contributed by atoms with Crippen LogP contribution in [0.4, 0.5) is 5.82 Å². The molecular formula is C11H18N5O15P3. The predicted molar refractivity (Wildman–Crippen MR) is 104 cm³/mol. The Labute approximate surface area is 188 Å². The summed E-state index contributed by atoms with van der Waals surface area (Å²) in [7, 11) is -16.7. The fourth-order valence-corrected chi connectivity index (χ4v) is 5.65. The van der Waals surface area contributed by atoms with E-state index in [2.05, 4.69) is 28.1 Å². The van der Waals surface area contributed by atoms with Gasteiger partial charge in [-0.05, 0) is 0 Å². The molecule has 0 saturated carbocycles. The average Bonchev–Trinajstić information content (AvgIpc) is 3.21. The zero-order valence-corrected chi connectivity index (χ0v) is 19.0. The molecule has 0 spiro atoms. The van der Waals surface area contributed by atoms with E-state index in [0.717, 1.165) is 6.33 Å². The van der Waals surface area contributed by atoms with Gasteiger partial charge in [0, 0.05) is 0 Å². The monoisotopic (exact) mass is 553 g/mol. The molecule has 0 aromatic carbocycles. The molecule has 23 heteroatoms. The molecule has 3 heterocycles. The molecule has 0 radical (unpaired) electrons. The van der Waals surface area contributed by atoms with Gasteiger partial charge in [0.15, 0.2) is 17.7 Å². The van der Waals surface area contributed by atoms with Gasteiger partial charge in [0.2, 0.25) is 0 Å². The van der Waals surface area contributed by atoms with Gasteiger partial charge in [-0.3, -0.25) is 13.9 Å². The minimum atomic E-state index is -5.70. The number of hydrogen-bond donors (Lipinski definition) is 8. The first-order chi connectivity index (χ1) is 15.6. The number of aliphatic hydroxyl groups is 2. The molecule has 1 aliphatic heterocycles. The van der Waals surface area contributed by atoms with E-state index in [-0.39, 0.29) is 23.5 Å². The van der Waals surface area contributed by atoms with Gasteiger partial charge in [0.1, 0.15) is 30.2 Å². The van der Waals surface area contributed by atoms with Crippen molar-refractivity contribution in [2.75, 3.05) is 12.3 Å². The Morgan fingerprint density at radius 1 is 1.06 bits per heavy atom. The van der Waals surface area contributed by atoms with Crippen LogP contribution >= 0.6 is 23.5 Å². The number of nitrogen functional groups attached to an aromatic ring is 1. The molecule has 2 aromatic heterocycles. The number of aromatic nitrogens is 4. The molecule has 2 unspecified atom stereocenters. The van der Waals surface area contributed by atoms with Crippen molar-refractivity contribution < 1.29 is 71.3 Å². The third-order valence-electron chi connectivity index (χ3n) is 3.82. The highest BCUT2D eigenvalue weighted by Crippen LogP contribution is 2.66. The molecule has 3 rings (SSSR count). The van der Waals surface area contributed by atoms with Crippen LogP contribution in [0.3, 0.4) is 0 Å². The molecule has 2 aromatic rings. The lowest BCUT2D eigenvalue weighted by Crippen LogP contribution is -2.33. The molecule has 1 fully saturated rings. The lowest BCUT2D eigenvalue weighted by Gasteiger charge is -2.19. The van der Waals surface area contributed by atoms with E-state index in [1.54, 1.807) is 0 Å². The zero-order chi connectivity index (χ0) is 25.9. The molecule has 1 saturated heterocycles. The molecule has 192 valence electrons. The first kappa shape index (κ1) is 28.3. The van der Waals surface area contributed by atoms with Crippen LogP contribution in [0.25, 0.3) is 11.2 Å². The van der Waals surface area contributed by atoms with Gasteiger partial charge in [-0.15, -0.1) is 0 Å². The number of anilines is 1. The van der Waals surface area contributed by atoms with E-state index in [1.807, 2.05) is 0 Å². The van der Waals surface area contributed by atoms with Crippen molar-refractivity contribution in [2.24, 2.45) is 0 Å². The number of carbonyl (C=O) groups is 1. The zero-order valence-electron chi connectivity index (χ0n) is 16.4. The van der Waals surface area contributed by atoms with E-state index < -0.39 is 54.6 Å². The number of fused-ring (bicyclic) bond motifs is 1. The summed E-state index contributed by atoms with van der Waals surface area (Å²) in [5, 5.41) is 27.3. The quantitative estimate of drug-likeness (QED) is 0.130. The maximum Gasteiger partial charge on any atom is 0.490 e. The summed E-state index contributed by atoms with van der Waals surface area (Å²) < 4.78 is 51.9. The molecule has 0 bridgehead atoms. The number of nitrogens with zero attached hydrogens (tertiary/aromatic N) is 4. The number of imidazole rings is 1. The highest BCUT2D eigenvalue weighted by Gasteiger charge is 2.47. The van der Waals surface area contributed by atoms with Crippen molar-refractivity contribution in [1.29, 1.82) is 0 Å². The molecule has 20 nitrogen and oxygen atoms in total. The smallest absolute Gasteiger partial charge is 0.483 e. The summed E-state index contributed by atoms with van der Waals surface area (Å²) in [5.74, 6) is 0.0426. The molecule has 1 aliphatic rings. The van der Waals surface area contributed by atoms with E-state index in [9.17, 15) is 28.8 Å². The topological polar surface area (TPSA) is 316 Å². The Morgan fingerprint density at radius 2 is 1.68 bits per heavy atom. The maximum absolute atomic E-state index is 11.8. The SMILES string of the molecule is Nc1ncnc2c1ncn2[C@@H]1O[C@H](COP(=O)(O)OP(=O)(O)OP(=O)(O)O)[C@@H](O)[C@H]1O.O=CO. The number of ether oxygens (including phenoxy) is 1. The first-order valence-corrected chi connectivity index (χ1v) is 12.9. The van der Waals surface area contributed by atoms with Crippen molar-refractivity contribution in [2.45, 2.75) is 24.5 Å². The van der Waals surface area contributed by atoms with E-state index in [4.69, 9.17) is 35.1 Å². The van der Waals surface area contributed by atoms with Crippen molar-refractivity contribution in [1.82, 2.24) is 19.5 Å². The number of aliphatic hydroxyl groups excluding tert-OH is 2. The van der Waals surface area contributed by atoms with Crippen LogP contribution in [-0.4, -0.2) is 85.8 Å². The van der Waals surface area contributed by atoms with Gasteiger partial charge in [0.05, 0.1) is 12.9 Å². The second-order valence-corrected chi connectivity index (χ2v) is 10.5. The third kappa shape index (κ3) is 7.30. The molecule has 0 amide bonds. The van der Waals surface area contributed by atoms with Gasteiger partial charge >= 0.3 is 23.5 Å². The number of hydrogen-bond acceptors (Lipinski definition) is 14. The number of phosphoric acid groups is 3. The Morgan fingerprint density at radius 3 is 2.26 bits per heavy atom. The highest BCUT2D eigenvalue weighted by molar-refractivity contribution is 7.66. The van der Waals surface area contributed by atoms with Crippen molar-refractivity contribution >= 4 is 46.9 Å². The summed E-state index contributed by atoms with van der Waals surface area (Å²) in [4.78, 5) is 55.6. The van der Waals surface area contributed by atoms with Gasteiger partial charge in [-0.1, -0.05) is 0 Å². The van der Waals surface area contributed by atoms with Crippen LogP contribution in [0.5, 0.6) is 0 Å². The van der Waals surface area contributed by atoms with Crippen LogP contribution in [0, 0.1) is 0 Å². The van der Waals surface area contributed by atoms with E-state index in [1.165, 1.54) is 10.9 Å². The minimum Gasteiger partial charge on any atom is -0.483 e. The van der Waals surface area contributed by atoms with Crippen LogP contribution in [0.1, 0.15) is 6.23 Å². The molecule has 0 aliphatic carbocycles. The van der Waals surface area contributed by atoms with Crippen LogP contribution in [0.15, 0.2) is 12.7 Å².